The van der Waals surface area contributed by atoms with E-state index in [2.05, 4.69) is 17.2 Å². The molecular weight excluding hydrogens is 513 g/mol. The average molecular weight is 554 g/mol. The van der Waals surface area contributed by atoms with Gasteiger partial charge in [0.1, 0.15) is 5.78 Å². The van der Waals surface area contributed by atoms with Crippen molar-refractivity contribution in [1.29, 1.82) is 0 Å². The second-order valence-electron chi connectivity index (χ2n) is 11.4. The number of aliphatic imine (C=N–C) groups is 1. The van der Waals surface area contributed by atoms with Gasteiger partial charge in [-0.25, -0.2) is 9.38 Å². The van der Waals surface area contributed by atoms with Gasteiger partial charge in [0.2, 0.25) is 0 Å². The van der Waals surface area contributed by atoms with E-state index < -0.39 is 17.5 Å². The molecule has 1 aromatic carbocycles. The van der Waals surface area contributed by atoms with Crippen LogP contribution in [0.5, 0.6) is 0 Å². The normalized spacial score (nSPS) is 22.4. The Morgan fingerprint density at radius 1 is 1.13 bits per heavy atom. The van der Waals surface area contributed by atoms with Crippen molar-refractivity contribution in [3.8, 4) is 0 Å². The first-order chi connectivity index (χ1) is 18.1. The number of carbonyl (C=O) groups is 1. The summed E-state index contributed by atoms with van der Waals surface area (Å²) in [4.78, 5) is 18.6. The van der Waals surface area contributed by atoms with E-state index in [0.717, 1.165) is 56.6 Å². The summed E-state index contributed by atoms with van der Waals surface area (Å²) in [6, 6.07) is 5.21. The third-order valence-corrected chi connectivity index (χ3v) is 9.25. The number of benzene rings is 1. The maximum absolute atomic E-state index is 15.9. The lowest BCUT2D eigenvalue weighted by Crippen LogP contribution is -2.41. The molecule has 3 atom stereocenters. The van der Waals surface area contributed by atoms with Gasteiger partial charge in [0.15, 0.2) is 11.6 Å². The first kappa shape index (κ1) is 29.2. The molecule has 2 saturated carbocycles. The monoisotopic (exact) mass is 553 g/mol. The molecule has 3 aliphatic rings. The summed E-state index contributed by atoms with van der Waals surface area (Å²) in [6.07, 6.45) is 5.77. The number of carbonyl (C=O) groups excluding carboxylic acids is 1. The predicted molar refractivity (Wildman–Crippen MR) is 146 cm³/mol. The van der Waals surface area contributed by atoms with Crippen LogP contribution >= 0.6 is 8.58 Å². The Kier molecular flexibility index (Phi) is 9.67. The Bertz CT molecular complexity index is 1020. The summed E-state index contributed by atoms with van der Waals surface area (Å²) in [5, 5.41) is 3.48. The topological polar surface area (TPSA) is 44.7 Å². The van der Waals surface area contributed by atoms with Crippen LogP contribution in [0.25, 0.3) is 0 Å². The first-order valence-electron chi connectivity index (χ1n) is 13.9. The van der Waals surface area contributed by atoms with Crippen molar-refractivity contribution in [2.45, 2.75) is 103 Å². The fourth-order valence-electron chi connectivity index (χ4n) is 5.77. The van der Waals surface area contributed by atoms with E-state index in [1.807, 2.05) is 4.90 Å². The van der Waals surface area contributed by atoms with Gasteiger partial charge in [-0.1, -0.05) is 53.3 Å². The molecule has 38 heavy (non-hydrogen) atoms. The Morgan fingerprint density at radius 2 is 1.84 bits per heavy atom. The zero-order chi connectivity index (χ0) is 27.3. The van der Waals surface area contributed by atoms with Gasteiger partial charge in [0.05, 0.1) is 11.3 Å². The Labute approximate surface area is 225 Å². The zero-order valence-electron chi connectivity index (χ0n) is 22.4. The van der Waals surface area contributed by atoms with Gasteiger partial charge in [-0.2, -0.15) is 13.2 Å². The number of ketones is 1. The van der Waals surface area contributed by atoms with Crippen LogP contribution in [0.15, 0.2) is 40.9 Å². The number of rotatable bonds is 14. The average Bonchev–Trinajstić information content (AvgIpc) is 3.66. The Balaban J connectivity index is 1.47. The van der Waals surface area contributed by atoms with E-state index in [1.165, 1.54) is 31.4 Å². The second-order valence-corrected chi connectivity index (χ2v) is 12.6. The van der Waals surface area contributed by atoms with E-state index in [-0.39, 0.29) is 37.5 Å². The molecule has 4 rings (SSSR count). The highest BCUT2D eigenvalue weighted by Gasteiger charge is 2.37. The predicted octanol–water partition coefficient (Wildman–Crippen LogP) is 7.79. The number of Topliss-reactive ketones (excluding diaryl/α,β-unsaturated/α-hetero) is 1. The van der Waals surface area contributed by atoms with Crippen LogP contribution < -0.4 is 5.32 Å². The summed E-state index contributed by atoms with van der Waals surface area (Å²) in [6.45, 7) is 4.68. The first-order valence-corrected chi connectivity index (χ1v) is 15.1. The molecule has 1 aliphatic heterocycles. The highest BCUT2D eigenvalue weighted by atomic mass is 31.1. The summed E-state index contributed by atoms with van der Waals surface area (Å²) in [7, 11) is 0.146. The minimum absolute atomic E-state index is 0.136. The van der Waals surface area contributed by atoms with Crippen LogP contribution in [0.2, 0.25) is 0 Å². The molecule has 0 radical (unpaired) electrons. The van der Waals surface area contributed by atoms with Crippen LogP contribution in [0, 0.1) is 11.3 Å². The van der Waals surface area contributed by atoms with E-state index in [9.17, 15) is 18.0 Å². The van der Waals surface area contributed by atoms with E-state index in [4.69, 9.17) is 0 Å². The summed E-state index contributed by atoms with van der Waals surface area (Å²) in [5.41, 5.74) is -0.173. The summed E-state index contributed by atoms with van der Waals surface area (Å²) in [5.74, 6) is 2.17. The number of hydrogen-bond acceptors (Lipinski definition) is 4. The Hall–Kier alpha value is -1.79. The molecule has 4 nitrogen and oxygen atoms in total. The van der Waals surface area contributed by atoms with Crippen molar-refractivity contribution in [3.05, 3.63) is 47.0 Å². The van der Waals surface area contributed by atoms with Gasteiger partial charge in [-0.3, -0.25) is 0 Å². The molecule has 0 saturated heterocycles. The lowest BCUT2D eigenvalue weighted by Gasteiger charge is -2.38. The fraction of sp³-hybridized carbons (Fsp3) is 0.655. The molecule has 3 unspecified atom stereocenters. The molecule has 2 aliphatic carbocycles. The van der Waals surface area contributed by atoms with Crippen LogP contribution in [0.3, 0.4) is 0 Å². The molecule has 0 amide bonds. The zero-order valence-corrected chi connectivity index (χ0v) is 23.4. The molecule has 0 spiro atoms. The van der Waals surface area contributed by atoms with Crippen LogP contribution in [0.4, 0.5) is 17.6 Å². The molecule has 0 bridgehead atoms. The largest absolute Gasteiger partial charge is 0.416 e. The third-order valence-electron chi connectivity index (χ3n) is 8.18. The third kappa shape index (κ3) is 7.65. The van der Waals surface area contributed by atoms with Gasteiger partial charge in [0, 0.05) is 31.5 Å². The number of nitrogens with zero attached hydrogens (tertiary/aromatic N) is 2. The molecular formula is C29H40F4N3OP. The van der Waals surface area contributed by atoms with Gasteiger partial charge in [-0.15, -0.1) is 0 Å². The highest BCUT2D eigenvalue weighted by molar-refractivity contribution is 7.56. The van der Waals surface area contributed by atoms with Gasteiger partial charge >= 0.3 is 6.18 Å². The van der Waals surface area contributed by atoms with Crippen LogP contribution in [-0.4, -0.2) is 35.0 Å². The quantitative estimate of drug-likeness (QED) is 0.189. The lowest BCUT2D eigenvalue weighted by atomic mass is 9.71. The molecule has 1 N–H and O–H groups in total. The lowest BCUT2D eigenvalue weighted by molar-refractivity contribution is -0.137. The molecule has 2 fully saturated rings. The second kappa shape index (κ2) is 12.6. The molecule has 1 heterocycles. The molecule has 0 aromatic heterocycles. The van der Waals surface area contributed by atoms with Crippen molar-refractivity contribution < 1.29 is 22.4 Å². The van der Waals surface area contributed by atoms with E-state index in [1.54, 1.807) is 12.9 Å². The van der Waals surface area contributed by atoms with Crippen LogP contribution in [0.1, 0.15) is 89.2 Å². The summed E-state index contributed by atoms with van der Waals surface area (Å²) < 4.78 is 54.9. The maximum Gasteiger partial charge on any atom is 0.416 e. The van der Waals surface area contributed by atoms with Gasteiger partial charge in [-0.05, 0) is 68.1 Å². The number of alkyl halides is 3. The van der Waals surface area contributed by atoms with Crippen molar-refractivity contribution in [2.75, 3.05) is 6.54 Å². The maximum atomic E-state index is 15.9. The SMILES string of the molecule is CCCC(CCC1CCC1)(CNC1PC=NC(N(Cc2ccc(C(F)(F)F)cc2)C2CC2)=C1F)CC(C)=O. The van der Waals surface area contributed by atoms with Crippen molar-refractivity contribution in [2.24, 2.45) is 16.3 Å². The van der Waals surface area contributed by atoms with Crippen molar-refractivity contribution >= 4 is 20.3 Å². The van der Waals surface area contributed by atoms with Crippen molar-refractivity contribution in [3.63, 3.8) is 0 Å². The van der Waals surface area contributed by atoms with Gasteiger partial charge in [0.25, 0.3) is 0 Å². The Morgan fingerprint density at radius 3 is 2.39 bits per heavy atom. The number of hydrogen-bond donors (Lipinski definition) is 1. The summed E-state index contributed by atoms with van der Waals surface area (Å²) >= 11 is 0. The standard InChI is InChI=1S/C29H40F4N3OP/c1-3-14-28(16-20(2)37,15-13-21-5-4-6-21)18-34-27-25(30)26(35-19-38-27)36(24-11-12-24)17-22-7-9-23(10-8-22)29(31,32)33/h7-10,19,21,24,27,34,38H,3-6,11-18H2,1-2H3. The molecule has 9 heteroatoms. The fourth-order valence-corrected chi connectivity index (χ4v) is 6.61. The minimum atomic E-state index is -4.38. The molecule has 210 valence electrons. The van der Waals surface area contributed by atoms with E-state index in [0.29, 0.717) is 25.1 Å². The van der Waals surface area contributed by atoms with Gasteiger partial charge < -0.3 is 15.0 Å². The van der Waals surface area contributed by atoms with E-state index >= 15 is 4.39 Å². The highest BCUT2D eigenvalue weighted by Crippen LogP contribution is 2.42. The number of halogens is 4. The molecule has 1 aromatic rings. The number of nitrogens with one attached hydrogen (secondary N) is 1. The smallest absolute Gasteiger partial charge is 0.347 e. The van der Waals surface area contributed by atoms with Crippen LogP contribution in [-0.2, 0) is 17.5 Å². The minimum Gasteiger partial charge on any atom is -0.347 e. The van der Waals surface area contributed by atoms with Crippen molar-refractivity contribution in [1.82, 2.24) is 10.2 Å².